The Morgan fingerprint density at radius 1 is 1.06 bits per heavy atom. The number of piperidine rings is 2. The summed E-state index contributed by atoms with van der Waals surface area (Å²) in [7, 11) is 1.74. The summed E-state index contributed by atoms with van der Waals surface area (Å²) in [5.41, 5.74) is 2.34. The van der Waals surface area contributed by atoms with E-state index >= 15 is 0 Å². The maximum atomic E-state index is 14.4. The van der Waals surface area contributed by atoms with Crippen molar-refractivity contribution in [1.82, 2.24) is 43.7 Å². The first kappa shape index (κ1) is 43.6. The van der Waals surface area contributed by atoms with E-state index in [1.54, 1.807) is 33.3 Å². The fourth-order valence-electron chi connectivity index (χ4n) is 10.9. The second-order valence-corrected chi connectivity index (χ2v) is 18.8. The Morgan fingerprint density at radius 3 is 2.63 bits per heavy atom. The topological polar surface area (TPSA) is 178 Å². The molecule has 19 heteroatoms. The molecule has 4 aromatic heterocycles. The van der Waals surface area contributed by atoms with E-state index in [-0.39, 0.29) is 40.6 Å². The highest BCUT2D eigenvalue weighted by Crippen LogP contribution is 2.40. The van der Waals surface area contributed by atoms with E-state index in [9.17, 15) is 28.3 Å². The number of rotatable bonds is 13. The lowest BCUT2D eigenvalue weighted by molar-refractivity contribution is -0.130. The largest absolute Gasteiger partial charge is 0.378 e. The van der Waals surface area contributed by atoms with E-state index < -0.39 is 30.3 Å². The van der Waals surface area contributed by atoms with Crippen LogP contribution in [0.3, 0.4) is 0 Å². The van der Waals surface area contributed by atoms with E-state index in [1.807, 2.05) is 24.3 Å². The van der Waals surface area contributed by atoms with Gasteiger partial charge >= 0.3 is 5.69 Å². The van der Waals surface area contributed by atoms with Gasteiger partial charge in [-0.05, 0) is 107 Å². The van der Waals surface area contributed by atoms with Gasteiger partial charge in [0.25, 0.3) is 12.3 Å². The van der Waals surface area contributed by atoms with Crippen LogP contribution in [-0.2, 0) is 27.7 Å². The number of fused-ring (bicyclic) bond motifs is 2. The van der Waals surface area contributed by atoms with Gasteiger partial charge in [0.05, 0.1) is 47.3 Å². The van der Waals surface area contributed by atoms with Gasteiger partial charge in [0.2, 0.25) is 5.91 Å². The number of aliphatic hydroxyl groups excluding tert-OH is 1. The first-order valence-corrected chi connectivity index (χ1v) is 23.5. The fraction of sp³-hybridized carbons (Fsp3) is 0.609. The number of aromatic nitrogens is 7. The van der Waals surface area contributed by atoms with Gasteiger partial charge in [0, 0.05) is 58.8 Å². The van der Waals surface area contributed by atoms with Crippen LogP contribution in [0.25, 0.3) is 16.7 Å². The predicted octanol–water partition coefficient (Wildman–Crippen LogP) is 5.14. The number of nitrogens with one attached hydrogen (secondary N) is 2. The molecule has 65 heavy (non-hydrogen) atoms. The van der Waals surface area contributed by atoms with Crippen LogP contribution in [0.15, 0.2) is 47.7 Å². The lowest BCUT2D eigenvalue weighted by Gasteiger charge is -2.48. The molecular weight excluding hydrogens is 841 g/mol. The summed E-state index contributed by atoms with van der Waals surface area (Å²) in [5.74, 6) is 0.330. The standard InChI is InChI=1S/C46H59F2N11O6/c1-54-40-30(5-2-7-35(40)59(45(54)63)36-12-13-38(60)52-44(36)62)6-3-23-64-32-14-19-55(20-15-32)26-29-8-10-31(11-9-29)58-27-34(39(53-58)41(47)48)50-43(61)33-25-49-57-21-16-37(51-42(33)57)56-22-24-65-46(28-56)17-4-18-46/h2,5,7,16,21,25,27,29,31-32,36,38,41,60H,3-4,6,8-15,17-20,22-24,26,28H2,1H3,(H,50,61)(H,52,62)/t29-,31-,36?,38?. The number of aryl methyl sites for hydroxylation is 2. The average molecular weight is 900 g/mol. The highest BCUT2D eigenvalue weighted by molar-refractivity contribution is 6.08. The first-order chi connectivity index (χ1) is 31.5. The maximum absolute atomic E-state index is 14.4. The van der Waals surface area contributed by atoms with Crippen LogP contribution in [0.2, 0.25) is 0 Å². The van der Waals surface area contributed by atoms with Crippen molar-refractivity contribution < 1.29 is 33.0 Å². The molecule has 2 unspecified atom stereocenters. The zero-order chi connectivity index (χ0) is 44.8. The number of halogens is 2. The van der Waals surface area contributed by atoms with Crippen molar-refractivity contribution in [2.24, 2.45) is 13.0 Å². The molecule has 0 bridgehead atoms. The van der Waals surface area contributed by atoms with Crippen LogP contribution in [0.1, 0.15) is 117 Å². The van der Waals surface area contributed by atoms with Gasteiger partial charge in [0.1, 0.15) is 23.7 Å². The summed E-state index contributed by atoms with van der Waals surface area (Å²) < 4.78 is 47.5. The number of anilines is 2. The minimum atomic E-state index is -2.86. The Kier molecular flexibility index (Phi) is 12.2. The smallest absolute Gasteiger partial charge is 0.329 e. The molecule has 17 nitrogen and oxygen atoms in total. The molecule has 1 aromatic carbocycles. The summed E-state index contributed by atoms with van der Waals surface area (Å²) in [6.45, 7) is 5.58. The highest BCUT2D eigenvalue weighted by atomic mass is 19.3. The van der Waals surface area contributed by atoms with Crippen LogP contribution in [-0.4, -0.2) is 119 Å². The second kappa shape index (κ2) is 18.2. The zero-order valence-electron chi connectivity index (χ0n) is 36.9. The van der Waals surface area contributed by atoms with Gasteiger partial charge in [-0.15, -0.1) is 0 Å². The van der Waals surface area contributed by atoms with E-state index in [1.165, 1.54) is 10.7 Å². The number of hydrogen-bond acceptors (Lipinski definition) is 11. The Labute approximate surface area is 375 Å². The Morgan fingerprint density at radius 2 is 1.88 bits per heavy atom. The Hall–Kier alpha value is -5.24. The van der Waals surface area contributed by atoms with E-state index in [4.69, 9.17) is 14.5 Å². The predicted molar refractivity (Wildman–Crippen MR) is 237 cm³/mol. The van der Waals surface area contributed by atoms with Crippen molar-refractivity contribution in [2.45, 2.75) is 120 Å². The molecule has 1 spiro atoms. The minimum absolute atomic E-state index is 0.00112. The molecule has 7 heterocycles. The third-order valence-corrected chi connectivity index (χ3v) is 14.7. The van der Waals surface area contributed by atoms with Crippen molar-refractivity contribution in [1.29, 1.82) is 0 Å². The van der Waals surface area contributed by atoms with Crippen molar-refractivity contribution in [3.05, 3.63) is 70.2 Å². The summed E-state index contributed by atoms with van der Waals surface area (Å²) in [6, 6.07) is 7.03. The van der Waals surface area contributed by atoms with Gasteiger partial charge in [0.15, 0.2) is 11.3 Å². The van der Waals surface area contributed by atoms with E-state index in [0.29, 0.717) is 44.2 Å². The zero-order valence-corrected chi connectivity index (χ0v) is 36.9. The van der Waals surface area contributed by atoms with Crippen LogP contribution < -0.4 is 21.2 Å². The molecule has 3 aliphatic heterocycles. The number of morpholine rings is 1. The summed E-state index contributed by atoms with van der Waals surface area (Å²) >= 11 is 0. The van der Waals surface area contributed by atoms with Crippen molar-refractivity contribution in [2.75, 3.05) is 56.2 Å². The normalized spacial score (nSPS) is 24.3. The molecule has 3 N–H and O–H groups in total. The van der Waals surface area contributed by atoms with Gasteiger partial charge in [-0.3, -0.25) is 23.4 Å². The second-order valence-electron chi connectivity index (χ2n) is 18.8. The number of para-hydroxylation sites is 1. The van der Waals surface area contributed by atoms with Crippen LogP contribution in [0, 0.1) is 5.92 Å². The molecule has 5 aromatic rings. The van der Waals surface area contributed by atoms with Gasteiger partial charge in [-0.25, -0.2) is 23.1 Å². The summed E-state index contributed by atoms with van der Waals surface area (Å²) in [4.78, 5) is 49.1. The van der Waals surface area contributed by atoms with Gasteiger partial charge < -0.3 is 35.0 Å². The lowest BCUT2D eigenvalue weighted by atomic mass is 9.79. The number of carbonyl (C=O) groups excluding carboxylic acids is 2. The molecule has 5 fully saturated rings. The first-order valence-electron chi connectivity index (χ1n) is 23.5. The quantitative estimate of drug-likeness (QED) is 0.133. The highest BCUT2D eigenvalue weighted by Gasteiger charge is 2.42. The van der Waals surface area contributed by atoms with Crippen molar-refractivity contribution in [3.8, 4) is 0 Å². The minimum Gasteiger partial charge on any atom is -0.378 e. The Balaban J connectivity index is 0.682. The van der Waals surface area contributed by atoms with Crippen LogP contribution in [0.5, 0.6) is 0 Å². The van der Waals surface area contributed by atoms with E-state index in [0.717, 1.165) is 119 Å². The summed E-state index contributed by atoms with van der Waals surface area (Å²) in [5, 5.41) is 23.7. The fourth-order valence-corrected chi connectivity index (χ4v) is 10.9. The lowest BCUT2D eigenvalue weighted by Crippen LogP contribution is -2.56. The molecule has 2 saturated carbocycles. The SMILES string of the molecule is Cn1c(=O)n(C2CCC(O)NC2=O)c2cccc(CCCOC3CCN(C[C@H]4CC[C@H](n5cc(NC(=O)c6cnn7ccc(N8CCOC9(CCC9)C8)nc67)c(C(F)F)n5)CC4)CC3)c21. The molecule has 348 valence electrons. The monoisotopic (exact) mass is 899 g/mol. The number of imidazole rings is 1. The molecular formula is C46H59F2N11O6. The van der Waals surface area contributed by atoms with E-state index in [2.05, 4.69) is 30.6 Å². The molecule has 2 aliphatic carbocycles. The van der Waals surface area contributed by atoms with Gasteiger partial charge in [-0.2, -0.15) is 10.2 Å². The van der Waals surface area contributed by atoms with Crippen molar-refractivity contribution >= 4 is 40.0 Å². The molecule has 2 amide bonds. The van der Waals surface area contributed by atoms with Gasteiger partial charge in [-0.1, -0.05) is 12.1 Å². The average Bonchev–Trinajstić information content (AvgIpc) is 4.00. The number of hydrogen-bond donors (Lipinski definition) is 3. The molecule has 3 saturated heterocycles. The van der Waals surface area contributed by atoms with Crippen LogP contribution in [0.4, 0.5) is 20.3 Å². The Bertz CT molecular complexity index is 2590. The third kappa shape index (κ3) is 8.79. The number of likely N-dealkylation sites (tertiary alicyclic amines) is 1. The molecule has 10 rings (SSSR count). The number of amides is 2. The molecule has 5 aliphatic rings. The number of carbonyl (C=O) groups is 2. The van der Waals surface area contributed by atoms with Crippen LogP contribution >= 0.6 is 0 Å². The van der Waals surface area contributed by atoms with Crippen molar-refractivity contribution in [3.63, 3.8) is 0 Å². The number of aliphatic hydroxyl groups is 1. The number of nitrogens with zero attached hydrogens (tertiary/aromatic N) is 9. The maximum Gasteiger partial charge on any atom is 0.329 e. The summed E-state index contributed by atoms with van der Waals surface area (Å²) in [6.07, 6.45) is 12.2. The number of alkyl halides is 2. The number of benzene rings is 1. The molecule has 2 atom stereocenters. The number of ether oxygens (including phenoxy) is 2. The third-order valence-electron chi connectivity index (χ3n) is 14.7. The molecule has 0 radical (unpaired) electrons.